The number of aromatic nitrogens is 3. The average molecular weight is 443 g/mol. The fraction of sp³-hybridized carbons (Fsp3) is 0.208. The van der Waals surface area contributed by atoms with Crippen LogP contribution < -0.4 is 10.1 Å². The van der Waals surface area contributed by atoms with Crippen LogP contribution in [0.1, 0.15) is 30.0 Å². The summed E-state index contributed by atoms with van der Waals surface area (Å²) in [6.07, 6.45) is 2.98. The summed E-state index contributed by atoms with van der Waals surface area (Å²) in [5.74, 6) is 0.986. The van der Waals surface area contributed by atoms with Gasteiger partial charge in [-0.1, -0.05) is 42.5 Å². The van der Waals surface area contributed by atoms with E-state index in [1.165, 1.54) is 18.3 Å². The molecular weight excluding hydrogens is 422 g/mol. The number of pyridine rings is 1. The van der Waals surface area contributed by atoms with Crippen LogP contribution in [0.5, 0.6) is 5.88 Å². The first-order chi connectivity index (χ1) is 16.0. The number of anilines is 1. The topological polar surface area (TPSA) is 123 Å². The molecule has 0 spiro atoms. The maximum absolute atomic E-state index is 12.6. The number of nitrogens with zero attached hydrogens (tertiary/aromatic N) is 3. The molecule has 2 N–H and O–H groups in total. The molecule has 2 aromatic heterocycles. The van der Waals surface area contributed by atoms with Crippen LogP contribution in [0.2, 0.25) is 0 Å². The molecule has 1 fully saturated rings. The molecule has 4 aromatic rings. The van der Waals surface area contributed by atoms with E-state index >= 15 is 0 Å². The molecule has 166 valence electrons. The van der Waals surface area contributed by atoms with Crippen LogP contribution in [-0.4, -0.2) is 32.1 Å². The predicted molar refractivity (Wildman–Crippen MR) is 122 cm³/mol. The lowest BCUT2D eigenvalue weighted by Gasteiger charge is -2.34. The van der Waals surface area contributed by atoms with Crippen LogP contribution in [0.25, 0.3) is 10.8 Å². The zero-order chi connectivity index (χ0) is 22.8. The maximum atomic E-state index is 12.6. The minimum atomic E-state index is -0.493. The Morgan fingerprint density at radius 1 is 1.15 bits per heavy atom. The molecular formula is C24H21N5O4. The fourth-order valence-electron chi connectivity index (χ4n) is 4.05. The van der Waals surface area contributed by atoms with Gasteiger partial charge in [0.15, 0.2) is 5.82 Å². The lowest BCUT2D eigenvalue weighted by molar-refractivity contribution is -0.385. The number of carbonyl (C=O) groups is 1. The smallest absolute Gasteiger partial charge is 0.287 e. The molecule has 9 nitrogen and oxygen atoms in total. The van der Waals surface area contributed by atoms with Crippen LogP contribution >= 0.6 is 0 Å². The number of hydrogen-bond acceptors (Lipinski definition) is 6. The van der Waals surface area contributed by atoms with Crippen LogP contribution in [-0.2, 0) is 11.2 Å². The number of nitro groups is 1. The van der Waals surface area contributed by atoms with Crippen LogP contribution in [0, 0.1) is 10.1 Å². The van der Waals surface area contributed by atoms with Gasteiger partial charge in [-0.2, -0.15) is 5.10 Å². The summed E-state index contributed by atoms with van der Waals surface area (Å²) >= 11 is 0. The number of aromatic amines is 1. The van der Waals surface area contributed by atoms with Gasteiger partial charge in [-0.3, -0.25) is 20.0 Å². The number of rotatable bonds is 7. The number of ether oxygens (including phenoxy) is 1. The molecule has 5 rings (SSSR count). The van der Waals surface area contributed by atoms with E-state index < -0.39 is 4.92 Å². The van der Waals surface area contributed by atoms with Crippen molar-refractivity contribution in [3.63, 3.8) is 0 Å². The van der Waals surface area contributed by atoms with Gasteiger partial charge in [0.25, 0.3) is 5.69 Å². The zero-order valence-corrected chi connectivity index (χ0v) is 17.6. The van der Waals surface area contributed by atoms with Gasteiger partial charge in [-0.15, -0.1) is 0 Å². The van der Waals surface area contributed by atoms with Gasteiger partial charge in [0.05, 0.1) is 11.3 Å². The van der Waals surface area contributed by atoms with E-state index in [2.05, 4.69) is 20.5 Å². The second kappa shape index (κ2) is 8.70. The van der Waals surface area contributed by atoms with Crippen molar-refractivity contribution < 1.29 is 14.5 Å². The second-order valence-corrected chi connectivity index (χ2v) is 8.09. The Bertz CT molecular complexity index is 1310. The Labute approximate surface area is 189 Å². The summed E-state index contributed by atoms with van der Waals surface area (Å²) in [7, 11) is 0. The molecule has 0 saturated heterocycles. The number of hydrogen-bond donors (Lipinski definition) is 2. The number of H-pyrrole nitrogens is 1. The summed E-state index contributed by atoms with van der Waals surface area (Å²) in [6, 6.07) is 18.7. The molecule has 2 aromatic carbocycles. The summed E-state index contributed by atoms with van der Waals surface area (Å²) in [4.78, 5) is 26.8. The summed E-state index contributed by atoms with van der Waals surface area (Å²) in [5, 5.41) is 23.0. The Morgan fingerprint density at radius 2 is 1.97 bits per heavy atom. The van der Waals surface area contributed by atoms with Crippen molar-refractivity contribution in [3.8, 4) is 5.88 Å². The monoisotopic (exact) mass is 443 g/mol. The highest BCUT2D eigenvalue weighted by Crippen LogP contribution is 2.38. The molecule has 0 unspecified atom stereocenters. The van der Waals surface area contributed by atoms with Gasteiger partial charge in [0, 0.05) is 29.8 Å². The molecule has 9 heteroatoms. The van der Waals surface area contributed by atoms with Gasteiger partial charge in [-0.05, 0) is 29.2 Å². The van der Waals surface area contributed by atoms with Crippen molar-refractivity contribution in [1.29, 1.82) is 0 Å². The number of amides is 1. The van der Waals surface area contributed by atoms with Gasteiger partial charge in [0.1, 0.15) is 12.3 Å². The van der Waals surface area contributed by atoms with Gasteiger partial charge < -0.3 is 10.1 Å². The SMILES string of the molecule is O=C(Cc1cccc2ccccc12)Nc1cc(C2CC(Oc3ccc([N+](=O)[O-])cn3)C2)[nH]n1. The van der Waals surface area contributed by atoms with Crippen molar-refractivity contribution in [2.45, 2.75) is 31.3 Å². The number of nitrogens with one attached hydrogen (secondary N) is 2. The number of carbonyl (C=O) groups excluding carboxylic acids is 1. The van der Waals surface area contributed by atoms with Crippen molar-refractivity contribution in [2.75, 3.05) is 5.32 Å². The van der Waals surface area contributed by atoms with Crippen molar-refractivity contribution in [3.05, 3.63) is 88.2 Å². The van der Waals surface area contributed by atoms with E-state index in [1.807, 2.05) is 48.5 Å². The minimum Gasteiger partial charge on any atom is -0.474 e. The highest BCUT2D eigenvalue weighted by Gasteiger charge is 2.33. The van der Waals surface area contributed by atoms with Crippen LogP contribution in [0.3, 0.4) is 0 Å². The first-order valence-electron chi connectivity index (χ1n) is 10.6. The van der Waals surface area contributed by atoms with Crippen molar-refractivity contribution in [1.82, 2.24) is 15.2 Å². The summed E-state index contributed by atoms with van der Waals surface area (Å²) < 4.78 is 5.77. The normalized spacial score (nSPS) is 17.3. The third kappa shape index (κ3) is 4.52. The zero-order valence-electron chi connectivity index (χ0n) is 17.6. The van der Waals surface area contributed by atoms with Crippen molar-refractivity contribution >= 4 is 28.2 Å². The van der Waals surface area contributed by atoms with E-state index in [0.29, 0.717) is 11.7 Å². The predicted octanol–water partition coefficient (Wildman–Crippen LogP) is 4.37. The van der Waals surface area contributed by atoms with E-state index in [4.69, 9.17) is 4.74 Å². The van der Waals surface area contributed by atoms with Crippen LogP contribution in [0.15, 0.2) is 66.9 Å². The number of benzene rings is 2. The average Bonchev–Trinajstić information content (AvgIpc) is 3.24. The van der Waals surface area contributed by atoms with Gasteiger partial charge in [-0.25, -0.2) is 4.98 Å². The standard InChI is InChI=1S/C24H21N5O4/c30-23(12-16-6-3-5-15-4-1-2-7-20(15)16)26-22-13-21(27-28-22)17-10-19(11-17)33-24-9-8-18(14-25-24)29(31)32/h1-9,13-14,17,19H,10-12H2,(H2,26,27,28,30). The maximum Gasteiger partial charge on any atom is 0.287 e. The third-order valence-corrected chi connectivity index (χ3v) is 5.85. The molecule has 33 heavy (non-hydrogen) atoms. The van der Waals surface area contributed by atoms with E-state index in [0.717, 1.165) is 34.9 Å². The number of fused-ring (bicyclic) bond motifs is 1. The van der Waals surface area contributed by atoms with E-state index in [9.17, 15) is 14.9 Å². The minimum absolute atomic E-state index is 0.0170. The molecule has 1 amide bonds. The van der Waals surface area contributed by atoms with Crippen molar-refractivity contribution in [2.24, 2.45) is 0 Å². The molecule has 0 aliphatic heterocycles. The molecule has 1 aliphatic carbocycles. The molecule has 2 heterocycles. The lowest BCUT2D eigenvalue weighted by Crippen LogP contribution is -2.32. The molecule has 1 saturated carbocycles. The van der Waals surface area contributed by atoms with Crippen LogP contribution in [0.4, 0.5) is 11.5 Å². The fourth-order valence-corrected chi connectivity index (χ4v) is 4.05. The van der Waals surface area contributed by atoms with E-state index in [1.54, 1.807) is 0 Å². The van der Waals surface area contributed by atoms with E-state index in [-0.39, 0.29) is 30.0 Å². The molecule has 0 atom stereocenters. The first-order valence-corrected chi connectivity index (χ1v) is 10.6. The Hall–Kier alpha value is -4.27. The highest BCUT2D eigenvalue weighted by atomic mass is 16.6. The third-order valence-electron chi connectivity index (χ3n) is 5.85. The first kappa shape index (κ1) is 20.6. The van der Waals surface area contributed by atoms with Gasteiger partial charge >= 0.3 is 0 Å². The Balaban J connectivity index is 1.14. The molecule has 0 bridgehead atoms. The summed E-state index contributed by atoms with van der Waals surface area (Å²) in [5.41, 5.74) is 1.84. The molecule has 0 radical (unpaired) electrons. The Morgan fingerprint density at radius 3 is 2.76 bits per heavy atom. The quantitative estimate of drug-likeness (QED) is 0.323. The Kier molecular flexibility index (Phi) is 5.43. The highest BCUT2D eigenvalue weighted by molar-refractivity contribution is 5.95. The summed E-state index contributed by atoms with van der Waals surface area (Å²) in [6.45, 7) is 0. The largest absolute Gasteiger partial charge is 0.474 e. The lowest BCUT2D eigenvalue weighted by atomic mass is 9.80. The molecule has 1 aliphatic rings. The van der Waals surface area contributed by atoms with Gasteiger partial charge in [0.2, 0.25) is 11.8 Å². The second-order valence-electron chi connectivity index (χ2n) is 8.09.